The molecular weight excluding hydrogens is 490 g/mol. The van der Waals surface area contributed by atoms with Crippen molar-refractivity contribution in [2.24, 2.45) is 0 Å². The van der Waals surface area contributed by atoms with E-state index >= 15 is 0 Å². The molecule has 0 atom stereocenters. The summed E-state index contributed by atoms with van der Waals surface area (Å²) in [6.45, 7) is 3.17. The second-order valence-corrected chi connectivity index (χ2v) is 9.29. The molecule has 0 aliphatic carbocycles. The third kappa shape index (κ3) is 3.95. The Balaban J connectivity index is 1.64. The summed E-state index contributed by atoms with van der Waals surface area (Å²) in [6, 6.07) is 15.9. The summed E-state index contributed by atoms with van der Waals surface area (Å²) in [7, 11) is 3.21. The molecule has 0 radical (unpaired) electrons. The van der Waals surface area contributed by atoms with Gasteiger partial charge in [0.2, 0.25) is 0 Å². The molecule has 188 valence electrons. The number of ether oxygens (including phenoxy) is 4. The molecule has 0 saturated carbocycles. The molecule has 6 rings (SSSR count). The van der Waals surface area contributed by atoms with Crippen molar-refractivity contribution in [3.63, 3.8) is 0 Å². The third-order valence-electron chi connectivity index (χ3n) is 6.67. The summed E-state index contributed by atoms with van der Waals surface area (Å²) >= 11 is 1.18. The number of methoxy groups -OCH3 is 2. The lowest BCUT2D eigenvalue weighted by molar-refractivity contribution is 0.0516. The Morgan fingerprint density at radius 2 is 1.84 bits per heavy atom. The highest BCUT2D eigenvalue weighted by Gasteiger charge is 2.28. The maximum absolute atomic E-state index is 13.6. The Morgan fingerprint density at radius 3 is 2.65 bits per heavy atom. The topological polar surface area (TPSA) is 84.7 Å². The molecule has 2 aromatic heterocycles. The normalized spacial score (nSPS) is 12.5. The van der Waals surface area contributed by atoms with Gasteiger partial charge in [0.05, 0.1) is 44.7 Å². The maximum atomic E-state index is 13.6. The minimum atomic E-state index is -0.389. The summed E-state index contributed by atoms with van der Waals surface area (Å²) in [5.41, 5.74) is 6.81. The van der Waals surface area contributed by atoms with Crippen molar-refractivity contribution in [1.29, 1.82) is 0 Å². The van der Waals surface area contributed by atoms with Crippen molar-refractivity contribution in [2.75, 3.05) is 27.4 Å². The minimum absolute atomic E-state index is 0.265. The van der Waals surface area contributed by atoms with E-state index in [0.29, 0.717) is 30.3 Å². The molecule has 1 aliphatic heterocycles. The summed E-state index contributed by atoms with van der Waals surface area (Å²) in [6.07, 6.45) is 0.829. The van der Waals surface area contributed by atoms with Gasteiger partial charge in [0.25, 0.3) is 0 Å². The number of rotatable bonds is 7. The van der Waals surface area contributed by atoms with E-state index in [1.807, 2.05) is 54.0 Å². The smallest absolute Gasteiger partial charge is 0.355 e. The molecule has 0 amide bonds. The van der Waals surface area contributed by atoms with Crippen molar-refractivity contribution in [1.82, 2.24) is 13.3 Å². The molecule has 0 unspecified atom stereocenters. The second kappa shape index (κ2) is 9.40. The van der Waals surface area contributed by atoms with Crippen LogP contribution < -0.4 is 14.2 Å². The van der Waals surface area contributed by atoms with Gasteiger partial charge in [0, 0.05) is 30.0 Å². The molecule has 0 bridgehead atoms. The fourth-order valence-corrected chi connectivity index (χ4v) is 5.51. The lowest BCUT2D eigenvalue weighted by atomic mass is 9.98. The summed E-state index contributed by atoms with van der Waals surface area (Å²) < 4.78 is 33.3. The van der Waals surface area contributed by atoms with Crippen LogP contribution in [0.15, 0.2) is 48.5 Å². The van der Waals surface area contributed by atoms with Gasteiger partial charge in [-0.05, 0) is 53.9 Å². The van der Waals surface area contributed by atoms with Gasteiger partial charge in [-0.15, -0.1) is 0 Å². The number of benzene rings is 3. The summed E-state index contributed by atoms with van der Waals surface area (Å²) in [4.78, 5) is 13.6. The van der Waals surface area contributed by atoms with E-state index in [1.165, 1.54) is 11.7 Å². The highest BCUT2D eigenvalue weighted by Crippen LogP contribution is 2.43. The van der Waals surface area contributed by atoms with Crippen LogP contribution in [0.25, 0.3) is 33.1 Å². The van der Waals surface area contributed by atoms with Crippen LogP contribution in [0.5, 0.6) is 17.2 Å². The lowest BCUT2D eigenvalue weighted by Crippen LogP contribution is -2.14. The van der Waals surface area contributed by atoms with Gasteiger partial charge in [-0.2, -0.15) is 8.75 Å². The second-order valence-electron chi connectivity index (χ2n) is 8.76. The summed E-state index contributed by atoms with van der Waals surface area (Å²) in [5, 5.41) is 0.871. The van der Waals surface area contributed by atoms with Crippen molar-refractivity contribution < 1.29 is 23.7 Å². The number of hydrogen-bond donors (Lipinski definition) is 0. The highest BCUT2D eigenvalue weighted by atomic mass is 32.1. The van der Waals surface area contributed by atoms with Crippen molar-refractivity contribution in [3.8, 4) is 28.4 Å². The van der Waals surface area contributed by atoms with Gasteiger partial charge in [-0.1, -0.05) is 12.1 Å². The number of carbonyl (C=O) groups is 1. The average Bonchev–Trinajstić information content (AvgIpc) is 3.64. The summed E-state index contributed by atoms with van der Waals surface area (Å²) in [5.74, 6) is 1.66. The predicted octanol–water partition coefficient (Wildman–Crippen LogP) is 5.49. The van der Waals surface area contributed by atoms with Crippen LogP contribution in [0, 0.1) is 0 Å². The van der Waals surface area contributed by atoms with Gasteiger partial charge < -0.3 is 23.5 Å². The first-order valence-corrected chi connectivity index (χ1v) is 12.8. The Kier molecular flexibility index (Phi) is 5.92. The molecule has 0 saturated heterocycles. The van der Waals surface area contributed by atoms with Crippen molar-refractivity contribution in [3.05, 3.63) is 65.4 Å². The fraction of sp³-hybridized carbons (Fsp3) is 0.250. The number of hydrogen-bond acceptors (Lipinski definition) is 8. The van der Waals surface area contributed by atoms with Gasteiger partial charge >= 0.3 is 5.97 Å². The van der Waals surface area contributed by atoms with E-state index in [4.69, 9.17) is 18.9 Å². The van der Waals surface area contributed by atoms with Crippen LogP contribution >= 0.6 is 11.7 Å². The Morgan fingerprint density at radius 1 is 1.03 bits per heavy atom. The molecule has 37 heavy (non-hydrogen) atoms. The van der Waals surface area contributed by atoms with Crippen molar-refractivity contribution >= 4 is 39.6 Å². The molecule has 1 aliphatic rings. The molecule has 3 aromatic carbocycles. The first-order chi connectivity index (χ1) is 18.1. The monoisotopic (exact) mass is 515 g/mol. The molecule has 0 spiro atoms. The van der Waals surface area contributed by atoms with Crippen LogP contribution in [0.3, 0.4) is 0 Å². The zero-order valence-corrected chi connectivity index (χ0v) is 21.6. The van der Waals surface area contributed by atoms with E-state index < -0.39 is 0 Å². The molecular formula is C28H25N3O5S. The molecule has 8 nitrogen and oxygen atoms in total. The van der Waals surface area contributed by atoms with Gasteiger partial charge in [0.1, 0.15) is 22.5 Å². The highest BCUT2D eigenvalue weighted by molar-refractivity contribution is 7.00. The SMILES string of the molecule is CCOC(=O)c1c(-c2ccc3c(c2)CCO3)c2cc(OC)c(OC)cc2n1Cc1ccc2nsnc2c1. The lowest BCUT2D eigenvalue weighted by Gasteiger charge is -2.13. The predicted molar refractivity (Wildman–Crippen MR) is 142 cm³/mol. The van der Waals surface area contributed by atoms with Crippen LogP contribution in [0.2, 0.25) is 0 Å². The zero-order chi connectivity index (χ0) is 25.5. The van der Waals surface area contributed by atoms with E-state index in [0.717, 1.165) is 56.4 Å². The van der Waals surface area contributed by atoms with Crippen molar-refractivity contribution in [2.45, 2.75) is 19.9 Å². The zero-order valence-electron chi connectivity index (χ0n) is 20.7. The average molecular weight is 516 g/mol. The molecule has 9 heteroatoms. The van der Waals surface area contributed by atoms with E-state index in [9.17, 15) is 4.79 Å². The van der Waals surface area contributed by atoms with Crippen LogP contribution in [-0.2, 0) is 17.7 Å². The molecule has 3 heterocycles. The van der Waals surface area contributed by atoms with E-state index in [2.05, 4.69) is 14.8 Å². The van der Waals surface area contributed by atoms with Crippen LogP contribution in [0.1, 0.15) is 28.5 Å². The number of carbonyl (C=O) groups excluding carboxylic acids is 1. The first-order valence-electron chi connectivity index (χ1n) is 12.0. The van der Waals surface area contributed by atoms with Gasteiger partial charge in [-0.3, -0.25) is 0 Å². The van der Waals surface area contributed by atoms with Gasteiger partial charge in [-0.25, -0.2) is 4.79 Å². The Bertz CT molecular complexity index is 1660. The molecule has 5 aromatic rings. The largest absolute Gasteiger partial charge is 0.493 e. The standard InChI is InChI=1S/C28H25N3O5S/c1-4-35-28(32)27-26(18-6-8-23-17(12-18)9-10-36-23)19-13-24(33-2)25(34-3)14-22(19)31(27)15-16-5-7-20-21(11-16)30-37-29-20/h5-8,11-14H,4,9-10,15H2,1-3H3. The maximum Gasteiger partial charge on any atom is 0.355 e. The number of aromatic nitrogens is 3. The fourth-order valence-electron chi connectivity index (χ4n) is 4.99. The van der Waals surface area contributed by atoms with Gasteiger partial charge in [0.15, 0.2) is 11.5 Å². The number of esters is 1. The van der Waals surface area contributed by atoms with Crippen LogP contribution in [-0.4, -0.2) is 46.7 Å². The van der Waals surface area contributed by atoms with E-state index in [1.54, 1.807) is 14.2 Å². The Hall–Kier alpha value is -4.11. The molecule has 0 fully saturated rings. The van der Waals surface area contributed by atoms with E-state index in [-0.39, 0.29) is 12.6 Å². The Labute approximate surface area is 217 Å². The number of nitrogens with zero attached hydrogens (tertiary/aromatic N) is 3. The minimum Gasteiger partial charge on any atom is -0.493 e. The third-order valence-corrected chi connectivity index (χ3v) is 7.23. The molecule has 0 N–H and O–H groups in total. The first kappa shape index (κ1) is 23.3. The quantitative estimate of drug-likeness (QED) is 0.265. The van der Waals surface area contributed by atoms with Crippen LogP contribution in [0.4, 0.5) is 0 Å². The number of fused-ring (bicyclic) bond motifs is 3.